The Morgan fingerprint density at radius 3 is 2.67 bits per heavy atom. The predicted molar refractivity (Wildman–Crippen MR) is 91.2 cm³/mol. The number of para-hydroxylation sites is 1. The molecule has 0 fully saturated rings. The van der Waals surface area contributed by atoms with Crippen LogP contribution in [-0.2, 0) is 6.54 Å². The summed E-state index contributed by atoms with van der Waals surface area (Å²) in [5.74, 6) is 0.665. The summed E-state index contributed by atoms with van der Waals surface area (Å²) in [6, 6.07) is 9.57. The molecule has 1 aromatic heterocycles. The lowest BCUT2D eigenvalue weighted by Crippen LogP contribution is -2.56. The quantitative estimate of drug-likeness (QED) is 0.640. The molecule has 4 rings (SSSR count). The van der Waals surface area contributed by atoms with Crippen LogP contribution in [-0.4, -0.2) is 35.7 Å². The van der Waals surface area contributed by atoms with Crippen LogP contribution in [0.5, 0.6) is 0 Å². The summed E-state index contributed by atoms with van der Waals surface area (Å²) in [5.41, 5.74) is 4.45. The number of benzene rings is 1. The average molecular weight is 283 g/mol. The molecule has 3 heterocycles. The Morgan fingerprint density at radius 1 is 1.14 bits per heavy atom. The summed E-state index contributed by atoms with van der Waals surface area (Å²) in [5, 5.41) is 1.38. The van der Waals surface area contributed by atoms with Crippen LogP contribution in [0.15, 0.2) is 36.5 Å². The van der Waals surface area contributed by atoms with Crippen LogP contribution in [0, 0.1) is 5.92 Å². The highest BCUT2D eigenvalue weighted by atomic mass is 15.4. The van der Waals surface area contributed by atoms with E-state index in [4.69, 9.17) is 0 Å². The maximum Gasteiger partial charge on any atom is 0.133 e. The van der Waals surface area contributed by atoms with Gasteiger partial charge in [-0.1, -0.05) is 45.0 Å². The van der Waals surface area contributed by atoms with Gasteiger partial charge in [-0.05, 0) is 6.07 Å². The van der Waals surface area contributed by atoms with Gasteiger partial charge in [0.25, 0.3) is 0 Å². The predicted octanol–water partition coefficient (Wildman–Crippen LogP) is 4.16. The van der Waals surface area contributed by atoms with Gasteiger partial charge >= 0.3 is 0 Å². The van der Waals surface area contributed by atoms with Gasteiger partial charge in [0.15, 0.2) is 0 Å². The van der Waals surface area contributed by atoms with Gasteiger partial charge in [-0.15, -0.1) is 0 Å². The van der Waals surface area contributed by atoms with Crippen molar-refractivity contribution >= 4 is 16.5 Å². The fourth-order valence-corrected chi connectivity index (χ4v) is 4.14. The smallest absolute Gasteiger partial charge is 0.133 e. The van der Waals surface area contributed by atoms with Crippen LogP contribution in [0.2, 0.25) is 0 Å². The fraction of sp³-hybridized carbons (Fsp3) is 0.474. The zero-order valence-corrected chi connectivity index (χ0v) is 13.9. The molecule has 0 saturated heterocycles. The first-order valence-corrected chi connectivity index (χ1v) is 8.19. The van der Waals surface area contributed by atoms with Crippen molar-refractivity contribution in [1.29, 1.82) is 0 Å². The fourth-order valence-electron chi connectivity index (χ4n) is 4.14. The van der Waals surface area contributed by atoms with E-state index < -0.39 is 0 Å². The first-order valence-electron chi connectivity index (χ1n) is 8.19. The zero-order valence-electron chi connectivity index (χ0n) is 13.9. The molecule has 0 N–H and O–H groups in total. The third kappa shape index (κ3) is 2.13. The second-order valence-corrected chi connectivity index (χ2v) is 6.79. The number of fused-ring (bicyclic) bond motifs is 2. The van der Waals surface area contributed by atoms with Crippen molar-refractivity contribution < 1.29 is 4.48 Å². The van der Waals surface area contributed by atoms with E-state index >= 15 is 0 Å². The number of rotatable bonds is 0. The Kier molecular flexibility index (Phi) is 3.45. The molecular weight excluding hydrogens is 256 g/mol. The number of quaternary nitrogens is 1. The van der Waals surface area contributed by atoms with Gasteiger partial charge in [-0.2, -0.15) is 0 Å². The van der Waals surface area contributed by atoms with Gasteiger partial charge in [0.1, 0.15) is 6.04 Å². The first kappa shape index (κ1) is 14.4. The first-order chi connectivity index (χ1) is 10.1. The van der Waals surface area contributed by atoms with Crippen molar-refractivity contribution in [2.24, 2.45) is 5.92 Å². The minimum atomic E-state index is 0.599. The molecule has 21 heavy (non-hydrogen) atoms. The zero-order chi connectivity index (χ0) is 15.2. The lowest BCUT2D eigenvalue weighted by Gasteiger charge is -2.46. The Bertz CT molecular complexity index is 691. The molecule has 2 aliphatic heterocycles. The lowest BCUT2D eigenvalue weighted by molar-refractivity contribution is -0.911. The van der Waals surface area contributed by atoms with Gasteiger partial charge in [-0.25, -0.2) is 0 Å². The number of nitrogens with zero attached hydrogens (tertiary/aromatic N) is 2. The van der Waals surface area contributed by atoms with Crippen LogP contribution >= 0.6 is 0 Å². The van der Waals surface area contributed by atoms with E-state index in [1.54, 1.807) is 5.57 Å². The van der Waals surface area contributed by atoms with Crippen molar-refractivity contribution in [3.63, 3.8) is 0 Å². The summed E-state index contributed by atoms with van der Waals surface area (Å²) < 4.78 is 3.55. The maximum absolute atomic E-state index is 2.51. The minimum absolute atomic E-state index is 0.599. The van der Waals surface area contributed by atoms with Crippen LogP contribution in [0.25, 0.3) is 16.5 Å². The van der Waals surface area contributed by atoms with Crippen molar-refractivity contribution in [2.75, 3.05) is 20.6 Å². The standard InChI is InChI=1S/C17H21N2.C2H6/c1-12-9-15-14-6-4-5-13-7-8-18(17(13)14)10-16(15)19(2,3)11-12;1-2/h4-9,12,16H,10-11H2,1-3H3;1-2H3/q+1;/t12-,16?;/m0./s1. The molecule has 0 bridgehead atoms. The van der Waals surface area contributed by atoms with E-state index in [0.717, 1.165) is 11.0 Å². The molecular formula is C19H27N2+. The monoisotopic (exact) mass is 283 g/mol. The molecule has 0 amide bonds. The van der Waals surface area contributed by atoms with Gasteiger partial charge in [0, 0.05) is 28.6 Å². The molecule has 0 aliphatic carbocycles. The summed E-state index contributed by atoms with van der Waals surface area (Å²) in [6.45, 7) is 8.70. The third-order valence-electron chi connectivity index (χ3n) is 4.89. The Hall–Kier alpha value is -1.54. The van der Waals surface area contributed by atoms with Crippen LogP contribution < -0.4 is 0 Å². The molecule has 2 heteroatoms. The molecule has 2 aliphatic rings. The minimum Gasteiger partial charge on any atom is -0.341 e. The van der Waals surface area contributed by atoms with E-state index in [2.05, 4.69) is 62.1 Å². The van der Waals surface area contributed by atoms with Crippen molar-refractivity contribution in [1.82, 2.24) is 4.57 Å². The van der Waals surface area contributed by atoms with Gasteiger partial charge in [0.2, 0.25) is 0 Å². The van der Waals surface area contributed by atoms with Crippen molar-refractivity contribution in [3.05, 3.63) is 42.1 Å². The SMILES string of the molecule is CC.C[C@H]1C=C2c3cccc4ccn(c34)CC2[N+](C)(C)C1. The topological polar surface area (TPSA) is 4.93 Å². The third-order valence-corrected chi connectivity index (χ3v) is 4.89. The highest BCUT2D eigenvalue weighted by Crippen LogP contribution is 2.40. The van der Waals surface area contributed by atoms with Crippen LogP contribution in [0.1, 0.15) is 26.3 Å². The van der Waals surface area contributed by atoms with Crippen molar-refractivity contribution in [3.8, 4) is 0 Å². The highest BCUT2D eigenvalue weighted by molar-refractivity contribution is 5.94. The number of likely N-dealkylation sites (N-methyl/N-ethyl adjacent to an activating group) is 1. The normalized spacial score (nSPS) is 25.7. The molecule has 1 aromatic carbocycles. The molecule has 0 radical (unpaired) electrons. The molecule has 2 nitrogen and oxygen atoms in total. The van der Waals surface area contributed by atoms with E-state index in [0.29, 0.717) is 12.0 Å². The van der Waals surface area contributed by atoms with E-state index in [-0.39, 0.29) is 0 Å². The maximum atomic E-state index is 2.51. The molecule has 2 aromatic rings. The summed E-state index contributed by atoms with van der Waals surface area (Å²) in [7, 11) is 4.76. The van der Waals surface area contributed by atoms with Crippen LogP contribution in [0.3, 0.4) is 0 Å². The Morgan fingerprint density at radius 2 is 1.90 bits per heavy atom. The molecule has 112 valence electrons. The molecule has 0 saturated carbocycles. The number of hydrogen-bond donors (Lipinski definition) is 0. The highest BCUT2D eigenvalue weighted by Gasteiger charge is 2.40. The molecule has 2 atom stereocenters. The lowest BCUT2D eigenvalue weighted by atomic mass is 9.85. The second kappa shape index (κ2) is 5.03. The van der Waals surface area contributed by atoms with E-state index in [9.17, 15) is 0 Å². The van der Waals surface area contributed by atoms with Gasteiger partial charge in [-0.3, -0.25) is 0 Å². The molecule has 0 spiro atoms. The summed E-state index contributed by atoms with van der Waals surface area (Å²) >= 11 is 0. The Labute approximate surface area is 128 Å². The second-order valence-electron chi connectivity index (χ2n) is 6.79. The van der Waals surface area contributed by atoms with E-state index in [1.165, 1.54) is 23.0 Å². The van der Waals surface area contributed by atoms with Crippen molar-refractivity contribution in [2.45, 2.75) is 33.4 Å². The Balaban J connectivity index is 0.000000636. The van der Waals surface area contributed by atoms with Crippen LogP contribution in [0.4, 0.5) is 0 Å². The number of hydrogen-bond acceptors (Lipinski definition) is 0. The average Bonchev–Trinajstić information content (AvgIpc) is 2.87. The van der Waals surface area contributed by atoms with E-state index in [1.807, 2.05) is 13.8 Å². The largest absolute Gasteiger partial charge is 0.341 e. The number of aromatic nitrogens is 1. The summed E-state index contributed by atoms with van der Waals surface area (Å²) in [6.07, 6.45) is 4.77. The molecule has 1 unspecified atom stereocenters. The van der Waals surface area contributed by atoms with Gasteiger partial charge < -0.3 is 9.05 Å². The van der Waals surface area contributed by atoms with Gasteiger partial charge in [0.05, 0.1) is 32.7 Å². The summed E-state index contributed by atoms with van der Waals surface area (Å²) in [4.78, 5) is 0.